The largest absolute Gasteiger partial charge is 0.494 e. The highest BCUT2D eigenvalue weighted by atomic mass is 32.2. The van der Waals surface area contributed by atoms with Crippen molar-refractivity contribution in [2.24, 2.45) is 0 Å². The summed E-state index contributed by atoms with van der Waals surface area (Å²) in [6.07, 6.45) is 1.59. The number of rotatable bonds is 6. The third-order valence-corrected chi connectivity index (χ3v) is 6.01. The summed E-state index contributed by atoms with van der Waals surface area (Å²) >= 11 is 0.747. The van der Waals surface area contributed by atoms with Crippen molar-refractivity contribution in [1.29, 1.82) is 0 Å². The molecule has 0 spiro atoms. The van der Waals surface area contributed by atoms with Crippen LogP contribution in [-0.2, 0) is 14.3 Å². The molecule has 1 atom stereocenters. The molecule has 168 valence electrons. The Bertz CT molecular complexity index is 1170. The van der Waals surface area contributed by atoms with Crippen LogP contribution >= 0.6 is 11.8 Å². The van der Waals surface area contributed by atoms with Gasteiger partial charge in [-0.25, -0.2) is 4.79 Å². The summed E-state index contributed by atoms with van der Waals surface area (Å²) in [5.74, 6) is -0.938. The van der Waals surface area contributed by atoms with Gasteiger partial charge in [0.1, 0.15) is 11.8 Å². The minimum Gasteiger partial charge on any atom is -0.494 e. The number of nitrogens with zero attached hydrogens (tertiary/aromatic N) is 3. The zero-order valence-corrected chi connectivity index (χ0v) is 18.9. The molecule has 11 heteroatoms. The molecule has 0 aliphatic carbocycles. The van der Waals surface area contributed by atoms with E-state index in [1.54, 1.807) is 12.1 Å². The van der Waals surface area contributed by atoms with E-state index in [-0.39, 0.29) is 10.6 Å². The van der Waals surface area contributed by atoms with Crippen molar-refractivity contribution in [2.45, 2.75) is 26.8 Å². The average Bonchev–Trinajstić information content (AvgIpc) is 3.20. The van der Waals surface area contributed by atoms with Crippen LogP contribution in [0.3, 0.4) is 0 Å². The Morgan fingerprint density at radius 3 is 2.50 bits per heavy atom. The van der Waals surface area contributed by atoms with Gasteiger partial charge in [-0.1, -0.05) is 0 Å². The summed E-state index contributed by atoms with van der Waals surface area (Å²) in [6.45, 7) is 5.09. The molecule has 0 bridgehead atoms. The Morgan fingerprint density at radius 2 is 1.91 bits per heavy atom. The molecule has 1 saturated heterocycles. The molecule has 10 nitrogen and oxygen atoms in total. The predicted molar refractivity (Wildman–Crippen MR) is 118 cm³/mol. The Hall–Kier alpha value is -3.60. The van der Waals surface area contributed by atoms with Crippen molar-refractivity contribution in [3.63, 3.8) is 0 Å². The van der Waals surface area contributed by atoms with Crippen LogP contribution in [-0.4, -0.2) is 51.8 Å². The molecule has 0 radical (unpaired) electrons. The van der Waals surface area contributed by atoms with Crippen LogP contribution in [0.2, 0.25) is 0 Å². The maximum Gasteiger partial charge on any atom is 0.328 e. The van der Waals surface area contributed by atoms with E-state index in [1.165, 1.54) is 33.3 Å². The highest BCUT2D eigenvalue weighted by Gasteiger charge is 2.41. The third kappa shape index (κ3) is 3.98. The fourth-order valence-electron chi connectivity index (χ4n) is 3.50. The zero-order valence-electron chi connectivity index (χ0n) is 18.1. The van der Waals surface area contributed by atoms with Gasteiger partial charge in [-0.05, 0) is 56.3 Å². The first-order valence-corrected chi connectivity index (χ1v) is 10.3. The lowest BCUT2D eigenvalue weighted by atomic mass is 10.2. The number of ether oxygens (including phenoxy) is 2. The van der Waals surface area contributed by atoms with Crippen molar-refractivity contribution in [3.05, 3.63) is 56.2 Å². The zero-order chi connectivity index (χ0) is 23.7. The third-order valence-electron chi connectivity index (χ3n) is 5.13. The second-order valence-electron chi connectivity index (χ2n) is 7.03. The van der Waals surface area contributed by atoms with Crippen LogP contribution in [0.1, 0.15) is 23.9 Å². The number of non-ortho nitro benzene ring substituents is 1. The number of esters is 1. The number of hydrogen-bond acceptors (Lipinski definition) is 8. The Morgan fingerprint density at radius 1 is 1.22 bits per heavy atom. The summed E-state index contributed by atoms with van der Waals surface area (Å²) in [6, 6.07) is 5.11. The van der Waals surface area contributed by atoms with Gasteiger partial charge in [-0.15, -0.1) is 0 Å². The van der Waals surface area contributed by atoms with E-state index >= 15 is 0 Å². The molecule has 1 aliphatic heterocycles. The molecule has 2 amide bonds. The van der Waals surface area contributed by atoms with Gasteiger partial charge in [0, 0.05) is 17.5 Å². The number of nitro groups is 1. The van der Waals surface area contributed by atoms with Gasteiger partial charge in [-0.2, -0.15) is 0 Å². The van der Waals surface area contributed by atoms with Gasteiger partial charge in [0.15, 0.2) is 0 Å². The number of methoxy groups -OCH3 is 2. The molecule has 2 heterocycles. The number of hydrogen-bond donors (Lipinski definition) is 0. The molecule has 1 aromatic carbocycles. The van der Waals surface area contributed by atoms with Crippen LogP contribution < -0.4 is 4.74 Å². The second kappa shape index (κ2) is 8.87. The lowest BCUT2D eigenvalue weighted by molar-refractivity contribution is -0.384. The van der Waals surface area contributed by atoms with Gasteiger partial charge in [0.2, 0.25) is 0 Å². The monoisotopic (exact) mass is 459 g/mol. The van der Waals surface area contributed by atoms with Crippen molar-refractivity contribution in [2.75, 3.05) is 14.2 Å². The number of thioether (sulfide) groups is 1. The first-order valence-electron chi connectivity index (χ1n) is 9.47. The molecule has 1 fully saturated rings. The van der Waals surface area contributed by atoms with Crippen molar-refractivity contribution < 1.29 is 28.8 Å². The van der Waals surface area contributed by atoms with Crippen LogP contribution in [0.15, 0.2) is 29.2 Å². The number of nitro benzene ring substituents is 1. The van der Waals surface area contributed by atoms with Crippen molar-refractivity contribution in [1.82, 2.24) is 9.47 Å². The standard InChI is InChI=1S/C21H21N3O7S/c1-11-8-14(9-18-19(25)23(21(27)32-18)13(3)20(26)31-5)12(2)22(11)16-7-6-15(24(28)29)10-17(16)30-4/h6-10,13H,1-5H3. The molecule has 1 aromatic heterocycles. The van der Waals surface area contributed by atoms with E-state index in [2.05, 4.69) is 4.74 Å². The molecule has 32 heavy (non-hydrogen) atoms. The number of imide groups is 1. The van der Waals surface area contributed by atoms with Crippen LogP contribution in [0.4, 0.5) is 10.5 Å². The number of benzene rings is 1. The van der Waals surface area contributed by atoms with Crippen LogP contribution in [0.5, 0.6) is 5.75 Å². The van der Waals surface area contributed by atoms with Gasteiger partial charge < -0.3 is 14.0 Å². The summed E-state index contributed by atoms with van der Waals surface area (Å²) in [5.41, 5.74) is 2.71. The van der Waals surface area contributed by atoms with Crippen LogP contribution in [0, 0.1) is 24.0 Å². The smallest absolute Gasteiger partial charge is 0.328 e. The lowest BCUT2D eigenvalue weighted by Crippen LogP contribution is -2.42. The summed E-state index contributed by atoms with van der Waals surface area (Å²) < 4.78 is 11.8. The van der Waals surface area contributed by atoms with Crippen molar-refractivity contribution >= 4 is 40.6 Å². The topological polar surface area (TPSA) is 121 Å². The highest BCUT2D eigenvalue weighted by molar-refractivity contribution is 8.18. The van der Waals surface area contributed by atoms with Gasteiger partial charge in [0.25, 0.3) is 16.8 Å². The van der Waals surface area contributed by atoms with E-state index in [0.29, 0.717) is 17.0 Å². The maximum atomic E-state index is 12.8. The molecule has 3 rings (SSSR count). The molecule has 0 N–H and O–H groups in total. The van der Waals surface area contributed by atoms with Crippen molar-refractivity contribution in [3.8, 4) is 11.4 Å². The van der Waals surface area contributed by atoms with E-state index in [1.807, 2.05) is 24.5 Å². The second-order valence-corrected chi connectivity index (χ2v) is 8.02. The minimum absolute atomic E-state index is 0.0957. The average molecular weight is 459 g/mol. The maximum absolute atomic E-state index is 12.8. The molecule has 2 aromatic rings. The highest BCUT2D eigenvalue weighted by Crippen LogP contribution is 2.36. The van der Waals surface area contributed by atoms with Gasteiger partial charge >= 0.3 is 5.97 Å². The van der Waals surface area contributed by atoms with E-state index < -0.39 is 28.1 Å². The number of aryl methyl sites for hydroxylation is 1. The minimum atomic E-state index is -1.03. The number of amides is 2. The predicted octanol–water partition coefficient (Wildman–Crippen LogP) is 3.61. The molecular weight excluding hydrogens is 438 g/mol. The Balaban J connectivity index is 2.01. The fourth-order valence-corrected chi connectivity index (χ4v) is 4.40. The Kier molecular flexibility index (Phi) is 6.40. The first kappa shape index (κ1) is 23.1. The summed E-state index contributed by atoms with van der Waals surface area (Å²) in [7, 11) is 2.62. The van der Waals surface area contributed by atoms with Crippen LogP contribution in [0.25, 0.3) is 11.8 Å². The quantitative estimate of drug-likeness (QED) is 0.278. The fraction of sp³-hybridized carbons (Fsp3) is 0.286. The molecule has 1 aliphatic rings. The Labute approximate surface area is 187 Å². The normalized spacial score (nSPS) is 15.9. The van der Waals surface area contributed by atoms with Gasteiger partial charge in [-0.3, -0.25) is 24.6 Å². The SMILES string of the molecule is COC(=O)C(C)N1C(=O)SC(=Cc2cc(C)n(-c3ccc([N+](=O)[O-])cc3OC)c2C)C1=O. The molecular formula is C21H21N3O7S. The molecule has 1 unspecified atom stereocenters. The summed E-state index contributed by atoms with van der Waals surface area (Å²) in [4.78, 5) is 48.5. The molecule has 0 saturated carbocycles. The number of carbonyl (C=O) groups is 3. The van der Waals surface area contributed by atoms with E-state index in [9.17, 15) is 24.5 Å². The van der Waals surface area contributed by atoms with E-state index in [4.69, 9.17) is 4.74 Å². The number of carbonyl (C=O) groups excluding carboxylic acids is 3. The number of aromatic nitrogens is 1. The summed E-state index contributed by atoms with van der Waals surface area (Å²) in [5, 5.41) is 10.5. The lowest BCUT2D eigenvalue weighted by Gasteiger charge is -2.18. The first-order chi connectivity index (χ1) is 15.1. The van der Waals surface area contributed by atoms with Gasteiger partial charge in [0.05, 0.1) is 35.8 Å². The van der Waals surface area contributed by atoms with E-state index in [0.717, 1.165) is 28.0 Å².